The molecule has 1 heterocycles. The maximum Gasteiger partial charge on any atom is 0.307 e. The fourth-order valence-corrected chi connectivity index (χ4v) is 4.26. The molecule has 0 radical (unpaired) electrons. The molecular formula is C29H20FNO4. The second kappa shape index (κ2) is 8.91. The number of hydrogen-bond donors (Lipinski definition) is 3. The van der Waals surface area contributed by atoms with E-state index in [1.54, 1.807) is 66.7 Å². The molecule has 35 heavy (non-hydrogen) atoms. The Labute approximate surface area is 200 Å². The summed E-state index contributed by atoms with van der Waals surface area (Å²) in [5.41, 5.74) is 5.08. The minimum Gasteiger partial charge on any atom is -0.507 e. The smallest absolute Gasteiger partial charge is 0.307 e. The van der Waals surface area contributed by atoms with Gasteiger partial charge in [-0.25, -0.2) is 4.39 Å². The summed E-state index contributed by atoms with van der Waals surface area (Å²) in [5, 5.41) is 21.8. The lowest BCUT2D eigenvalue weighted by Gasteiger charge is -2.09. The number of halogens is 1. The van der Waals surface area contributed by atoms with Crippen LogP contribution in [0.2, 0.25) is 0 Å². The SMILES string of the molecule is O=C(O)Cc1cccc(/C=C2/C(=O)Nc3cc(F)c(-c4ccc(-c5ccccc5O)cc4)cc32)c1. The van der Waals surface area contributed by atoms with Crippen LogP contribution in [0.5, 0.6) is 5.75 Å². The molecule has 0 saturated heterocycles. The summed E-state index contributed by atoms with van der Waals surface area (Å²) in [7, 11) is 0. The molecule has 6 heteroatoms. The van der Waals surface area contributed by atoms with Crippen molar-refractivity contribution in [3.63, 3.8) is 0 Å². The van der Waals surface area contributed by atoms with E-state index < -0.39 is 11.8 Å². The number of nitrogens with one attached hydrogen (secondary N) is 1. The van der Waals surface area contributed by atoms with Crippen LogP contribution in [0.1, 0.15) is 16.7 Å². The molecule has 0 unspecified atom stereocenters. The van der Waals surface area contributed by atoms with Crippen molar-refractivity contribution in [1.29, 1.82) is 0 Å². The van der Waals surface area contributed by atoms with Crippen molar-refractivity contribution in [1.82, 2.24) is 0 Å². The van der Waals surface area contributed by atoms with Gasteiger partial charge in [-0.15, -0.1) is 0 Å². The molecule has 0 bridgehead atoms. The summed E-state index contributed by atoms with van der Waals surface area (Å²) >= 11 is 0. The standard InChI is InChI=1S/C29H20FNO4/c30-25-16-26-23(24(29(35)31-26)13-17-4-3-5-18(12-17)14-28(33)34)15-22(25)20-10-8-19(9-11-20)21-6-1-2-7-27(21)32/h1-13,15-16,32H,14H2,(H,31,35)(H,33,34)/b24-13+. The number of phenols is 1. The van der Waals surface area contributed by atoms with Gasteiger partial charge in [-0.3, -0.25) is 9.59 Å². The van der Waals surface area contributed by atoms with Crippen molar-refractivity contribution in [2.75, 3.05) is 5.32 Å². The monoisotopic (exact) mass is 465 g/mol. The van der Waals surface area contributed by atoms with Gasteiger partial charge >= 0.3 is 5.97 Å². The minimum atomic E-state index is -0.938. The Morgan fingerprint density at radius 2 is 1.57 bits per heavy atom. The van der Waals surface area contributed by atoms with E-state index in [0.717, 1.165) is 5.56 Å². The predicted octanol–water partition coefficient (Wildman–Crippen LogP) is 5.99. The topological polar surface area (TPSA) is 86.6 Å². The van der Waals surface area contributed by atoms with Crippen LogP contribution in [0.25, 0.3) is 33.9 Å². The average Bonchev–Trinajstić information content (AvgIpc) is 3.12. The molecule has 1 aliphatic heterocycles. The Morgan fingerprint density at radius 3 is 2.29 bits per heavy atom. The molecule has 0 atom stereocenters. The highest BCUT2D eigenvalue weighted by molar-refractivity contribution is 6.35. The fourth-order valence-electron chi connectivity index (χ4n) is 4.26. The van der Waals surface area contributed by atoms with E-state index in [4.69, 9.17) is 5.11 Å². The van der Waals surface area contributed by atoms with E-state index in [-0.39, 0.29) is 18.1 Å². The quantitative estimate of drug-likeness (QED) is 0.316. The predicted molar refractivity (Wildman–Crippen MR) is 133 cm³/mol. The number of anilines is 1. The van der Waals surface area contributed by atoms with Crippen LogP contribution in [-0.4, -0.2) is 22.1 Å². The number of hydrogen-bond acceptors (Lipinski definition) is 3. The number of rotatable bonds is 5. The Balaban J connectivity index is 1.52. The normalized spacial score (nSPS) is 13.5. The number of para-hydroxylation sites is 1. The Bertz CT molecular complexity index is 1510. The lowest BCUT2D eigenvalue weighted by Crippen LogP contribution is -2.03. The van der Waals surface area contributed by atoms with Crippen LogP contribution in [0, 0.1) is 5.82 Å². The first-order valence-electron chi connectivity index (χ1n) is 11.0. The summed E-state index contributed by atoms with van der Waals surface area (Å²) in [6.45, 7) is 0. The lowest BCUT2D eigenvalue weighted by atomic mass is 9.95. The number of fused-ring (bicyclic) bond motifs is 1. The first kappa shape index (κ1) is 22.1. The first-order chi connectivity index (χ1) is 16.9. The van der Waals surface area contributed by atoms with Crippen LogP contribution in [-0.2, 0) is 16.0 Å². The highest BCUT2D eigenvalue weighted by Gasteiger charge is 2.26. The van der Waals surface area contributed by atoms with Gasteiger partial charge in [0, 0.05) is 22.3 Å². The number of aliphatic carboxylic acids is 1. The van der Waals surface area contributed by atoms with Crippen LogP contribution >= 0.6 is 0 Å². The molecule has 5 rings (SSSR count). The molecule has 0 fully saturated rings. The molecule has 1 amide bonds. The van der Waals surface area contributed by atoms with Gasteiger partial charge < -0.3 is 15.5 Å². The fraction of sp³-hybridized carbons (Fsp3) is 0.0345. The van der Waals surface area contributed by atoms with E-state index >= 15 is 4.39 Å². The number of aromatic hydroxyl groups is 1. The van der Waals surface area contributed by atoms with Gasteiger partial charge in [0.1, 0.15) is 11.6 Å². The molecule has 4 aromatic carbocycles. The van der Waals surface area contributed by atoms with Gasteiger partial charge in [-0.05, 0) is 46.5 Å². The minimum absolute atomic E-state index is 0.119. The van der Waals surface area contributed by atoms with Crippen molar-refractivity contribution >= 4 is 29.2 Å². The third-order valence-electron chi connectivity index (χ3n) is 5.92. The lowest BCUT2D eigenvalue weighted by molar-refractivity contribution is -0.136. The van der Waals surface area contributed by atoms with Crippen molar-refractivity contribution < 1.29 is 24.2 Å². The Hall–Kier alpha value is -4.71. The number of carbonyl (C=O) groups is 2. The zero-order valence-electron chi connectivity index (χ0n) is 18.5. The molecule has 0 aliphatic carbocycles. The second-order valence-electron chi connectivity index (χ2n) is 8.30. The molecule has 0 saturated carbocycles. The van der Waals surface area contributed by atoms with Crippen molar-refractivity contribution in [3.8, 4) is 28.0 Å². The van der Waals surface area contributed by atoms with Crippen molar-refractivity contribution in [2.24, 2.45) is 0 Å². The molecule has 4 aromatic rings. The second-order valence-corrected chi connectivity index (χ2v) is 8.30. The number of phenolic OH excluding ortho intramolecular Hbond substituents is 1. The van der Waals surface area contributed by atoms with Crippen molar-refractivity contribution in [3.05, 3.63) is 107 Å². The molecule has 172 valence electrons. The Kier molecular flexibility index (Phi) is 5.63. The first-order valence-corrected chi connectivity index (χ1v) is 11.0. The highest BCUT2D eigenvalue weighted by atomic mass is 19.1. The third-order valence-corrected chi connectivity index (χ3v) is 5.92. The van der Waals surface area contributed by atoms with E-state index in [9.17, 15) is 14.7 Å². The summed E-state index contributed by atoms with van der Waals surface area (Å²) in [5.74, 6) is -1.60. The summed E-state index contributed by atoms with van der Waals surface area (Å²) in [6, 6.07) is 24.1. The Morgan fingerprint density at radius 1 is 0.857 bits per heavy atom. The number of carboxylic acid groups (broad SMARTS) is 1. The van der Waals surface area contributed by atoms with Crippen LogP contribution in [0.3, 0.4) is 0 Å². The zero-order valence-corrected chi connectivity index (χ0v) is 18.5. The van der Waals surface area contributed by atoms with E-state index in [1.165, 1.54) is 6.07 Å². The number of amides is 1. The van der Waals surface area contributed by atoms with E-state index in [0.29, 0.717) is 44.6 Å². The van der Waals surface area contributed by atoms with Crippen molar-refractivity contribution in [2.45, 2.75) is 6.42 Å². The molecular weight excluding hydrogens is 445 g/mol. The van der Waals surface area contributed by atoms with Gasteiger partial charge in [0.05, 0.1) is 12.1 Å². The van der Waals surface area contributed by atoms with Crippen LogP contribution in [0.4, 0.5) is 10.1 Å². The summed E-state index contributed by atoms with van der Waals surface area (Å²) < 4.78 is 15.0. The molecule has 1 aliphatic rings. The number of carbonyl (C=O) groups excluding carboxylic acids is 1. The largest absolute Gasteiger partial charge is 0.507 e. The zero-order chi connectivity index (χ0) is 24.5. The maximum absolute atomic E-state index is 15.0. The highest BCUT2D eigenvalue weighted by Crippen LogP contribution is 2.39. The summed E-state index contributed by atoms with van der Waals surface area (Å²) in [4.78, 5) is 23.7. The van der Waals surface area contributed by atoms with Gasteiger partial charge in [-0.1, -0.05) is 66.7 Å². The van der Waals surface area contributed by atoms with Crippen LogP contribution in [0.15, 0.2) is 84.9 Å². The summed E-state index contributed by atoms with van der Waals surface area (Å²) in [6.07, 6.45) is 1.56. The average molecular weight is 465 g/mol. The third kappa shape index (κ3) is 4.42. The molecule has 5 nitrogen and oxygen atoms in total. The van der Waals surface area contributed by atoms with Gasteiger partial charge in [-0.2, -0.15) is 0 Å². The van der Waals surface area contributed by atoms with E-state index in [2.05, 4.69) is 5.32 Å². The maximum atomic E-state index is 15.0. The van der Waals surface area contributed by atoms with Gasteiger partial charge in [0.15, 0.2) is 0 Å². The number of carboxylic acids is 1. The van der Waals surface area contributed by atoms with Gasteiger partial charge in [0.25, 0.3) is 5.91 Å². The molecule has 0 spiro atoms. The molecule has 3 N–H and O–H groups in total. The van der Waals surface area contributed by atoms with Gasteiger partial charge in [0.2, 0.25) is 0 Å². The van der Waals surface area contributed by atoms with Crippen LogP contribution < -0.4 is 5.32 Å². The molecule has 0 aromatic heterocycles. The number of benzene rings is 4. The van der Waals surface area contributed by atoms with E-state index in [1.807, 2.05) is 18.2 Å².